The summed E-state index contributed by atoms with van der Waals surface area (Å²) in [5, 5.41) is 6.34. The van der Waals surface area contributed by atoms with Gasteiger partial charge in [-0.25, -0.2) is 4.98 Å². The summed E-state index contributed by atoms with van der Waals surface area (Å²) in [4.78, 5) is 9.47. The minimum atomic E-state index is 0.682. The van der Waals surface area contributed by atoms with E-state index in [4.69, 9.17) is 4.98 Å². The van der Waals surface area contributed by atoms with Gasteiger partial charge in [0, 0.05) is 28.9 Å². The molecule has 3 heterocycles. The fourth-order valence-corrected chi connectivity index (χ4v) is 4.20. The molecule has 0 amide bonds. The van der Waals surface area contributed by atoms with Crippen LogP contribution in [0.5, 0.6) is 0 Å². The van der Waals surface area contributed by atoms with E-state index in [9.17, 15) is 0 Å². The normalized spacial score (nSPS) is 15.7. The molecule has 1 N–H and O–H groups in total. The van der Waals surface area contributed by atoms with Crippen LogP contribution in [0.25, 0.3) is 10.9 Å². The molecule has 0 unspecified atom stereocenters. The summed E-state index contributed by atoms with van der Waals surface area (Å²) in [6.07, 6.45) is 5.24. The molecular formula is C20H21N3S. The molecule has 2 aromatic heterocycles. The number of thioether (sulfide) groups is 1. The molecule has 0 spiro atoms. The maximum atomic E-state index is 4.87. The molecule has 0 atom stereocenters. The van der Waals surface area contributed by atoms with Gasteiger partial charge in [0.15, 0.2) is 0 Å². The first-order chi connectivity index (χ1) is 11.9. The van der Waals surface area contributed by atoms with Gasteiger partial charge in [-0.05, 0) is 49.7 Å². The molecule has 1 aliphatic heterocycles. The van der Waals surface area contributed by atoms with E-state index in [2.05, 4.69) is 52.8 Å². The van der Waals surface area contributed by atoms with Crippen molar-refractivity contribution >= 4 is 22.7 Å². The van der Waals surface area contributed by atoms with E-state index in [1.54, 1.807) is 0 Å². The van der Waals surface area contributed by atoms with Gasteiger partial charge in [-0.15, -0.1) is 11.8 Å². The maximum Gasteiger partial charge on any atom is 0.0970 e. The van der Waals surface area contributed by atoms with Crippen molar-refractivity contribution < 1.29 is 0 Å². The summed E-state index contributed by atoms with van der Waals surface area (Å²) in [5.74, 6) is 0. The van der Waals surface area contributed by atoms with Crippen LogP contribution in [0.3, 0.4) is 0 Å². The molecule has 0 radical (unpaired) electrons. The Balaban J connectivity index is 1.55. The molecule has 3 aromatic rings. The number of aromatic nitrogens is 2. The summed E-state index contributed by atoms with van der Waals surface area (Å²) in [7, 11) is 0. The van der Waals surface area contributed by atoms with Crippen LogP contribution in [0, 0.1) is 0 Å². The maximum absolute atomic E-state index is 4.87. The number of nitrogens with zero attached hydrogens (tertiary/aromatic N) is 2. The van der Waals surface area contributed by atoms with Gasteiger partial charge < -0.3 is 5.32 Å². The van der Waals surface area contributed by atoms with Crippen molar-refractivity contribution in [3.05, 3.63) is 66.0 Å². The first kappa shape index (κ1) is 15.6. The molecule has 1 fully saturated rings. The highest BCUT2D eigenvalue weighted by atomic mass is 32.2. The topological polar surface area (TPSA) is 37.8 Å². The number of piperidine rings is 1. The Bertz CT molecular complexity index is 813. The van der Waals surface area contributed by atoms with Gasteiger partial charge in [0.1, 0.15) is 0 Å². The van der Waals surface area contributed by atoms with Crippen LogP contribution in [0.2, 0.25) is 0 Å². The van der Waals surface area contributed by atoms with Crippen LogP contribution in [-0.4, -0.2) is 28.3 Å². The Kier molecular flexibility index (Phi) is 4.76. The van der Waals surface area contributed by atoms with E-state index >= 15 is 0 Å². The molecule has 24 heavy (non-hydrogen) atoms. The summed E-state index contributed by atoms with van der Waals surface area (Å²) in [6.45, 7) is 2.24. The van der Waals surface area contributed by atoms with Crippen LogP contribution < -0.4 is 5.32 Å². The lowest BCUT2D eigenvalue weighted by atomic mass is 10.1. The smallest absolute Gasteiger partial charge is 0.0970 e. The number of hydrogen-bond acceptors (Lipinski definition) is 4. The third-order valence-electron chi connectivity index (χ3n) is 4.41. The first-order valence-electron chi connectivity index (χ1n) is 8.54. The average Bonchev–Trinajstić information content (AvgIpc) is 2.63. The summed E-state index contributed by atoms with van der Waals surface area (Å²) < 4.78 is 0. The summed E-state index contributed by atoms with van der Waals surface area (Å²) in [6, 6.07) is 16.9. The van der Waals surface area contributed by atoms with Crippen molar-refractivity contribution in [3.63, 3.8) is 0 Å². The molecule has 3 nitrogen and oxygen atoms in total. The first-order valence-corrected chi connectivity index (χ1v) is 9.42. The highest BCUT2D eigenvalue weighted by molar-refractivity contribution is 7.99. The van der Waals surface area contributed by atoms with Gasteiger partial charge in [-0.3, -0.25) is 4.98 Å². The zero-order chi connectivity index (χ0) is 16.2. The quantitative estimate of drug-likeness (QED) is 0.780. The second kappa shape index (κ2) is 7.32. The van der Waals surface area contributed by atoms with Crippen molar-refractivity contribution in [2.45, 2.75) is 29.5 Å². The molecule has 4 heteroatoms. The van der Waals surface area contributed by atoms with Gasteiger partial charge in [-0.2, -0.15) is 0 Å². The standard InChI is InChI=1S/C20H21N3S/c1-2-4-15(5-3-1)12-17-13-19-16(14-22-17)6-7-20(23-19)24-18-8-10-21-11-9-18/h1-7,13-14,18,21H,8-12H2. The SMILES string of the molecule is c1ccc(Cc2cc3nc(SC4CCNCC4)ccc3cn2)cc1. The zero-order valence-corrected chi connectivity index (χ0v) is 14.4. The van der Waals surface area contributed by atoms with E-state index in [0.29, 0.717) is 5.25 Å². The van der Waals surface area contributed by atoms with Crippen LogP contribution >= 0.6 is 11.8 Å². The lowest BCUT2D eigenvalue weighted by Gasteiger charge is -2.21. The second-order valence-electron chi connectivity index (χ2n) is 6.25. The Hall–Kier alpha value is -1.91. The van der Waals surface area contributed by atoms with E-state index in [0.717, 1.165) is 41.1 Å². The third-order valence-corrected chi connectivity index (χ3v) is 5.68. The lowest BCUT2D eigenvalue weighted by molar-refractivity contribution is 0.531. The molecule has 1 aromatic carbocycles. The third kappa shape index (κ3) is 3.77. The lowest BCUT2D eigenvalue weighted by Crippen LogP contribution is -2.29. The Morgan fingerprint density at radius 1 is 1.04 bits per heavy atom. The second-order valence-corrected chi connectivity index (χ2v) is 7.57. The van der Waals surface area contributed by atoms with Crippen LogP contribution in [-0.2, 0) is 6.42 Å². The van der Waals surface area contributed by atoms with Gasteiger partial charge in [0.2, 0.25) is 0 Å². The fourth-order valence-electron chi connectivity index (χ4n) is 3.09. The number of benzene rings is 1. The monoisotopic (exact) mass is 335 g/mol. The molecule has 122 valence electrons. The van der Waals surface area contributed by atoms with Gasteiger partial charge in [0.05, 0.1) is 10.5 Å². The van der Waals surface area contributed by atoms with E-state index in [-0.39, 0.29) is 0 Å². The highest BCUT2D eigenvalue weighted by Crippen LogP contribution is 2.28. The molecule has 0 bridgehead atoms. The minimum Gasteiger partial charge on any atom is -0.317 e. The fraction of sp³-hybridized carbons (Fsp3) is 0.300. The number of rotatable bonds is 4. The Morgan fingerprint density at radius 2 is 1.88 bits per heavy atom. The van der Waals surface area contributed by atoms with Crippen molar-refractivity contribution in [2.75, 3.05) is 13.1 Å². The van der Waals surface area contributed by atoms with Crippen molar-refractivity contribution in [2.24, 2.45) is 0 Å². The number of hydrogen-bond donors (Lipinski definition) is 1. The zero-order valence-electron chi connectivity index (χ0n) is 13.6. The number of nitrogens with one attached hydrogen (secondary N) is 1. The van der Waals surface area contributed by atoms with Crippen molar-refractivity contribution in [1.82, 2.24) is 15.3 Å². The molecule has 0 aliphatic carbocycles. The van der Waals surface area contributed by atoms with Crippen LogP contribution in [0.1, 0.15) is 24.1 Å². The largest absolute Gasteiger partial charge is 0.317 e. The minimum absolute atomic E-state index is 0.682. The predicted octanol–water partition coefficient (Wildman–Crippen LogP) is 4.06. The van der Waals surface area contributed by atoms with Crippen LogP contribution in [0.15, 0.2) is 59.8 Å². The summed E-state index contributed by atoms with van der Waals surface area (Å²) >= 11 is 1.92. The van der Waals surface area contributed by atoms with Gasteiger partial charge >= 0.3 is 0 Å². The molecule has 1 saturated heterocycles. The van der Waals surface area contributed by atoms with Gasteiger partial charge in [0.25, 0.3) is 0 Å². The predicted molar refractivity (Wildman–Crippen MR) is 101 cm³/mol. The molecule has 4 rings (SSSR count). The molecular weight excluding hydrogens is 314 g/mol. The van der Waals surface area contributed by atoms with Crippen LogP contribution in [0.4, 0.5) is 0 Å². The Labute approximate surface area is 146 Å². The van der Waals surface area contributed by atoms with E-state index in [1.165, 1.54) is 18.4 Å². The van der Waals surface area contributed by atoms with E-state index < -0.39 is 0 Å². The Morgan fingerprint density at radius 3 is 2.71 bits per heavy atom. The number of fused-ring (bicyclic) bond motifs is 1. The van der Waals surface area contributed by atoms with Gasteiger partial charge in [-0.1, -0.05) is 30.3 Å². The average molecular weight is 335 g/mol. The van der Waals surface area contributed by atoms with E-state index in [1.807, 2.05) is 24.0 Å². The molecule has 1 aliphatic rings. The number of pyridine rings is 2. The highest BCUT2D eigenvalue weighted by Gasteiger charge is 2.15. The molecule has 0 saturated carbocycles. The van der Waals surface area contributed by atoms with Crippen molar-refractivity contribution in [1.29, 1.82) is 0 Å². The van der Waals surface area contributed by atoms with Crippen molar-refractivity contribution in [3.8, 4) is 0 Å². The summed E-state index contributed by atoms with van der Waals surface area (Å²) in [5.41, 5.74) is 3.41.